The minimum absolute atomic E-state index is 0.00814. The number of likely N-dealkylation sites (tertiary alicyclic amines) is 1. The molecule has 2 amide bonds. The van der Waals surface area contributed by atoms with Gasteiger partial charge in [-0.15, -0.1) is 0 Å². The minimum Gasteiger partial charge on any atom is -0.438 e. The first kappa shape index (κ1) is 20.3. The van der Waals surface area contributed by atoms with Crippen molar-refractivity contribution >= 4 is 52.0 Å². The van der Waals surface area contributed by atoms with E-state index >= 15 is 0 Å². The molecule has 0 bridgehead atoms. The van der Waals surface area contributed by atoms with E-state index in [4.69, 9.17) is 15.9 Å². The monoisotopic (exact) mass is 525 g/mol. The van der Waals surface area contributed by atoms with Crippen molar-refractivity contribution in [1.82, 2.24) is 30.5 Å². The maximum absolute atomic E-state index is 12.6. The quantitative estimate of drug-likeness (QED) is 0.315. The molecule has 0 aromatic carbocycles. The van der Waals surface area contributed by atoms with Gasteiger partial charge in [0.1, 0.15) is 5.82 Å². The van der Waals surface area contributed by atoms with E-state index in [0.717, 1.165) is 0 Å². The molecule has 6 N–H and O–H groups in total. The number of piperidine rings is 1. The molecule has 1 saturated heterocycles. The SMILES string of the molecule is Nc1nc(N)c(C(=O)NC2=NCC3(CCN(C(=O)c4cnco4)CC3)N2)nc1CI. The number of rotatable bonds is 3. The van der Waals surface area contributed by atoms with Gasteiger partial charge in [0, 0.05) is 17.5 Å². The second-order valence-corrected chi connectivity index (χ2v) is 7.87. The van der Waals surface area contributed by atoms with Crippen LogP contribution in [0.3, 0.4) is 0 Å². The normalized spacial score (nSPS) is 17.5. The molecule has 0 unspecified atom stereocenters. The number of halogens is 1. The molecule has 2 aromatic heterocycles. The summed E-state index contributed by atoms with van der Waals surface area (Å²) in [5.41, 5.74) is 11.8. The Kier molecular flexibility index (Phi) is 5.44. The number of aromatic nitrogens is 3. The van der Waals surface area contributed by atoms with Crippen molar-refractivity contribution in [1.29, 1.82) is 0 Å². The molecule has 0 aliphatic carbocycles. The maximum Gasteiger partial charge on any atom is 0.291 e. The topological polar surface area (TPSA) is 178 Å². The largest absolute Gasteiger partial charge is 0.438 e. The van der Waals surface area contributed by atoms with E-state index in [1.807, 2.05) is 0 Å². The van der Waals surface area contributed by atoms with Gasteiger partial charge in [0.05, 0.1) is 24.0 Å². The third-order valence-electron chi connectivity index (χ3n) is 5.17. The van der Waals surface area contributed by atoms with Crippen LogP contribution in [-0.4, -0.2) is 62.8 Å². The summed E-state index contributed by atoms with van der Waals surface area (Å²) in [5.74, 6) is 0.0590. The van der Waals surface area contributed by atoms with E-state index in [1.165, 1.54) is 12.6 Å². The Bertz CT molecular complexity index is 1000. The molecule has 4 rings (SSSR count). The first-order valence-corrected chi connectivity index (χ1v) is 10.7. The van der Waals surface area contributed by atoms with Gasteiger partial charge in [0.15, 0.2) is 23.9 Å². The fourth-order valence-electron chi connectivity index (χ4n) is 3.46. The number of nitrogen functional groups attached to an aromatic ring is 2. The lowest BCUT2D eigenvalue weighted by Gasteiger charge is -2.38. The number of aliphatic imine (C=N–C) groups is 1. The zero-order chi connectivity index (χ0) is 21.3. The number of nitrogens with one attached hydrogen (secondary N) is 2. The van der Waals surface area contributed by atoms with Gasteiger partial charge in [-0.1, -0.05) is 22.6 Å². The number of carbonyl (C=O) groups is 2. The van der Waals surface area contributed by atoms with E-state index in [9.17, 15) is 9.59 Å². The molecule has 30 heavy (non-hydrogen) atoms. The van der Waals surface area contributed by atoms with Crippen LogP contribution in [0.15, 0.2) is 22.0 Å². The van der Waals surface area contributed by atoms with Gasteiger partial charge in [-0.25, -0.2) is 15.0 Å². The minimum atomic E-state index is -0.507. The highest BCUT2D eigenvalue weighted by molar-refractivity contribution is 14.1. The Labute approximate surface area is 185 Å². The molecule has 0 radical (unpaired) electrons. The fraction of sp³-hybridized carbons (Fsp3) is 0.412. The highest BCUT2D eigenvalue weighted by Gasteiger charge is 2.40. The van der Waals surface area contributed by atoms with Crippen molar-refractivity contribution in [2.75, 3.05) is 31.1 Å². The van der Waals surface area contributed by atoms with Crippen molar-refractivity contribution in [2.24, 2.45) is 4.99 Å². The van der Waals surface area contributed by atoms with Gasteiger partial charge in [-0.2, -0.15) is 0 Å². The van der Waals surface area contributed by atoms with Gasteiger partial charge in [0.2, 0.25) is 5.76 Å². The van der Waals surface area contributed by atoms with E-state index < -0.39 is 5.91 Å². The second-order valence-electron chi connectivity index (χ2n) is 7.11. The molecule has 2 aromatic rings. The van der Waals surface area contributed by atoms with Crippen molar-refractivity contribution in [3.05, 3.63) is 29.7 Å². The number of carbonyl (C=O) groups excluding carboxylic acids is 2. The summed E-state index contributed by atoms with van der Waals surface area (Å²) in [7, 11) is 0. The van der Waals surface area contributed by atoms with E-state index in [2.05, 4.69) is 53.2 Å². The summed E-state index contributed by atoms with van der Waals surface area (Å²) < 4.78 is 5.59. The second kappa shape index (κ2) is 8.04. The van der Waals surface area contributed by atoms with Gasteiger partial charge in [-0.3, -0.25) is 19.9 Å². The van der Waals surface area contributed by atoms with Crippen LogP contribution in [0.1, 0.15) is 39.6 Å². The summed E-state index contributed by atoms with van der Waals surface area (Å²) in [4.78, 5) is 43.1. The molecule has 1 fully saturated rings. The summed E-state index contributed by atoms with van der Waals surface area (Å²) in [6.45, 7) is 1.58. The fourth-order valence-corrected chi connectivity index (χ4v) is 4.02. The summed E-state index contributed by atoms with van der Waals surface area (Å²) in [6.07, 6.45) is 4.00. The first-order chi connectivity index (χ1) is 14.4. The van der Waals surface area contributed by atoms with Crippen molar-refractivity contribution in [2.45, 2.75) is 22.8 Å². The Hall–Kier alpha value is -2.97. The standard InChI is InChI=1S/C17H20IN9O3/c18-5-9-12(19)24-13(20)11(23-9)14(28)25-16-22-7-17(26-16)1-3-27(4-2-17)15(29)10-6-21-8-30-10/h6,8H,1-5,7H2,(H4,19,20,24)(H2,22,25,26,28). The van der Waals surface area contributed by atoms with Crippen molar-refractivity contribution < 1.29 is 14.0 Å². The van der Waals surface area contributed by atoms with Gasteiger partial charge < -0.3 is 26.1 Å². The summed E-state index contributed by atoms with van der Waals surface area (Å²) in [6, 6.07) is 0. The van der Waals surface area contributed by atoms with Crippen LogP contribution in [0.25, 0.3) is 0 Å². The molecule has 0 atom stereocenters. The van der Waals surface area contributed by atoms with Crippen LogP contribution >= 0.6 is 22.6 Å². The number of guanidine groups is 1. The van der Waals surface area contributed by atoms with Gasteiger partial charge in [0.25, 0.3) is 11.8 Å². The lowest BCUT2D eigenvalue weighted by molar-refractivity contribution is 0.0637. The van der Waals surface area contributed by atoms with E-state index in [-0.39, 0.29) is 34.5 Å². The number of anilines is 2. The van der Waals surface area contributed by atoms with Crippen molar-refractivity contribution in [3.63, 3.8) is 0 Å². The van der Waals surface area contributed by atoms with Crippen molar-refractivity contribution in [3.8, 4) is 0 Å². The summed E-state index contributed by atoms with van der Waals surface area (Å²) in [5, 5.41) is 5.99. The number of oxazole rings is 1. The molecule has 13 heteroatoms. The molecule has 1 spiro atoms. The lowest BCUT2D eigenvalue weighted by Crippen LogP contribution is -2.56. The zero-order valence-corrected chi connectivity index (χ0v) is 18.0. The maximum atomic E-state index is 12.6. The highest BCUT2D eigenvalue weighted by atomic mass is 127. The van der Waals surface area contributed by atoms with Gasteiger partial charge in [-0.05, 0) is 12.8 Å². The van der Waals surface area contributed by atoms with Crippen LogP contribution in [0.4, 0.5) is 11.6 Å². The van der Waals surface area contributed by atoms with Crippen LogP contribution in [0.2, 0.25) is 0 Å². The number of hydrogen-bond donors (Lipinski definition) is 4. The Morgan fingerprint density at radius 1 is 1.27 bits per heavy atom. The molecule has 12 nitrogen and oxygen atoms in total. The van der Waals surface area contributed by atoms with Crippen LogP contribution in [0, 0.1) is 0 Å². The number of nitrogens with two attached hydrogens (primary N) is 2. The molecular formula is C17H20IN9O3. The Morgan fingerprint density at radius 3 is 2.70 bits per heavy atom. The third-order valence-corrected chi connectivity index (χ3v) is 5.90. The van der Waals surface area contributed by atoms with E-state index in [1.54, 1.807) is 4.90 Å². The van der Waals surface area contributed by atoms with E-state index in [0.29, 0.717) is 48.6 Å². The number of alkyl halides is 1. The molecule has 0 saturated carbocycles. The molecule has 158 valence electrons. The molecule has 4 heterocycles. The lowest BCUT2D eigenvalue weighted by atomic mass is 9.88. The Morgan fingerprint density at radius 2 is 2.03 bits per heavy atom. The first-order valence-electron chi connectivity index (χ1n) is 9.20. The average Bonchev–Trinajstić information content (AvgIpc) is 3.39. The van der Waals surface area contributed by atoms with Gasteiger partial charge >= 0.3 is 0 Å². The smallest absolute Gasteiger partial charge is 0.291 e. The van der Waals surface area contributed by atoms with Crippen LogP contribution in [0.5, 0.6) is 0 Å². The van der Waals surface area contributed by atoms with Crippen LogP contribution in [-0.2, 0) is 4.43 Å². The number of nitrogens with zero attached hydrogens (tertiary/aromatic N) is 5. The third kappa shape index (κ3) is 3.88. The number of amides is 2. The molecule has 2 aliphatic rings. The molecular weight excluding hydrogens is 505 g/mol. The highest BCUT2D eigenvalue weighted by Crippen LogP contribution is 2.26. The zero-order valence-electron chi connectivity index (χ0n) is 15.9. The van der Waals surface area contributed by atoms with Crippen LogP contribution < -0.4 is 22.1 Å². The summed E-state index contributed by atoms with van der Waals surface area (Å²) >= 11 is 2.09. The Balaban J connectivity index is 1.36. The molecule has 2 aliphatic heterocycles. The average molecular weight is 525 g/mol. The predicted molar refractivity (Wildman–Crippen MR) is 116 cm³/mol. The number of hydrogen-bond acceptors (Lipinski definition) is 10. The predicted octanol–water partition coefficient (Wildman–Crippen LogP) is -0.0720.